The number of para-hydroxylation sites is 1. The molecule has 2 fully saturated rings. The van der Waals surface area contributed by atoms with Crippen LogP contribution >= 0.6 is 24.0 Å². The number of amides is 1. The number of rotatable bonds is 6. The highest BCUT2D eigenvalue weighted by atomic mass is 32.2. The van der Waals surface area contributed by atoms with E-state index in [0.717, 1.165) is 35.9 Å². The summed E-state index contributed by atoms with van der Waals surface area (Å²) in [4.78, 5) is 27.1. The third-order valence-electron chi connectivity index (χ3n) is 4.99. The number of esters is 1. The topological polar surface area (TPSA) is 60.8 Å². The van der Waals surface area contributed by atoms with Crippen molar-refractivity contribution in [3.05, 3.63) is 40.9 Å². The van der Waals surface area contributed by atoms with Crippen molar-refractivity contribution < 1.29 is 19.1 Å². The summed E-state index contributed by atoms with van der Waals surface area (Å²) >= 11 is 6.75. The largest absolute Gasteiger partial charge is 0.465 e. The van der Waals surface area contributed by atoms with Crippen LogP contribution in [0.3, 0.4) is 0 Å². The molecule has 0 radical (unpaired) electrons. The van der Waals surface area contributed by atoms with Gasteiger partial charge in [-0.15, -0.1) is 0 Å². The number of nitrogens with zero attached hydrogens (tertiary/aromatic N) is 2. The number of thiocarbonyl (C=S) groups is 1. The maximum Gasteiger partial charge on any atom is 0.325 e. The van der Waals surface area contributed by atoms with Gasteiger partial charge in [0, 0.05) is 29.3 Å². The molecular formula is C21H22N2O4S2. The van der Waals surface area contributed by atoms with Gasteiger partial charge in [-0.2, -0.15) is 0 Å². The number of carbonyl (C=O) groups is 2. The van der Waals surface area contributed by atoms with Gasteiger partial charge in [-0.3, -0.25) is 14.5 Å². The molecule has 0 aliphatic carbocycles. The Bertz CT molecular complexity index is 992. The summed E-state index contributed by atoms with van der Waals surface area (Å²) < 4.78 is 13.1. The number of hydrogen-bond acceptors (Lipinski definition) is 6. The molecule has 29 heavy (non-hydrogen) atoms. The third-order valence-corrected chi connectivity index (χ3v) is 6.37. The van der Waals surface area contributed by atoms with Crippen LogP contribution in [0.15, 0.2) is 35.4 Å². The molecule has 1 aromatic carbocycles. The number of benzene rings is 1. The van der Waals surface area contributed by atoms with Gasteiger partial charge in [-0.25, -0.2) is 0 Å². The van der Waals surface area contributed by atoms with E-state index in [-0.39, 0.29) is 24.5 Å². The summed E-state index contributed by atoms with van der Waals surface area (Å²) in [5.41, 5.74) is 1.80. The highest BCUT2D eigenvalue weighted by Crippen LogP contribution is 2.35. The van der Waals surface area contributed by atoms with E-state index in [1.807, 2.05) is 41.1 Å². The fourth-order valence-corrected chi connectivity index (χ4v) is 4.92. The number of fused-ring (bicyclic) bond motifs is 1. The third kappa shape index (κ3) is 4.24. The van der Waals surface area contributed by atoms with Crippen molar-refractivity contribution in [2.75, 3.05) is 19.8 Å². The maximum atomic E-state index is 12.9. The van der Waals surface area contributed by atoms with Crippen molar-refractivity contribution in [3.8, 4) is 0 Å². The van der Waals surface area contributed by atoms with Crippen LogP contribution in [0, 0.1) is 0 Å². The van der Waals surface area contributed by atoms with Gasteiger partial charge in [-0.05, 0) is 31.9 Å². The second kappa shape index (κ2) is 8.69. The molecule has 1 atom stereocenters. The van der Waals surface area contributed by atoms with Gasteiger partial charge in [0.25, 0.3) is 5.91 Å². The van der Waals surface area contributed by atoms with E-state index in [0.29, 0.717) is 22.4 Å². The number of carbonyl (C=O) groups excluding carboxylic acids is 2. The first kappa shape index (κ1) is 20.1. The lowest BCUT2D eigenvalue weighted by Crippen LogP contribution is -2.35. The van der Waals surface area contributed by atoms with E-state index in [4.69, 9.17) is 21.7 Å². The smallest absolute Gasteiger partial charge is 0.325 e. The number of ether oxygens (including phenoxy) is 2. The number of aromatic nitrogens is 1. The normalized spacial score (nSPS) is 20.9. The molecule has 1 amide bonds. The van der Waals surface area contributed by atoms with Gasteiger partial charge in [0.1, 0.15) is 10.9 Å². The highest BCUT2D eigenvalue weighted by molar-refractivity contribution is 8.26. The van der Waals surface area contributed by atoms with Crippen LogP contribution in [0.5, 0.6) is 0 Å². The molecular weight excluding hydrogens is 408 g/mol. The Morgan fingerprint density at radius 3 is 3.00 bits per heavy atom. The summed E-state index contributed by atoms with van der Waals surface area (Å²) in [7, 11) is 0. The summed E-state index contributed by atoms with van der Waals surface area (Å²) in [6.45, 7) is 3.51. The van der Waals surface area contributed by atoms with Crippen LogP contribution in [0.25, 0.3) is 17.0 Å². The van der Waals surface area contributed by atoms with Crippen molar-refractivity contribution in [3.63, 3.8) is 0 Å². The molecule has 2 saturated heterocycles. The fourth-order valence-electron chi connectivity index (χ4n) is 3.66. The minimum Gasteiger partial charge on any atom is -0.465 e. The highest BCUT2D eigenvalue weighted by Gasteiger charge is 2.34. The molecule has 1 aromatic heterocycles. The molecule has 2 aliphatic heterocycles. The lowest BCUT2D eigenvalue weighted by atomic mass is 10.1. The summed E-state index contributed by atoms with van der Waals surface area (Å²) in [6.07, 6.45) is 5.78. The summed E-state index contributed by atoms with van der Waals surface area (Å²) in [6, 6.07) is 7.80. The summed E-state index contributed by atoms with van der Waals surface area (Å²) in [5.74, 6) is -0.375. The van der Waals surface area contributed by atoms with E-state index >= 15 is 0 Å². The predicted molar refractivity (Wildman–Crippen MR) is 117 cm³/mol. The Morgan fingerprint density at radius 1 is 1.41 bits per heavy atom. The lowest BCUT2D eigenvalue weighted by Gasteiger charge is -2.18. The molecule has 2 aromatic rings. The first-order valence-electron chi connectivity index (χ1n) is 9.67. The van der Waals surface area contributed by atoms with Gasteiger partial charge < -0.3 is 14.0 Å². The van der Waals surface area contributed by atoms with Crippen molar-refractivity contribution in [1.29, 1.82) is 0 Å². The molecule has 6 nitrogen and oxygen atoms in total. The zero-order chi connectivity index (χ0) is 20.4. The minimum absolute atomic E-state index is 0.0586. The Kier molecular flexibility index (Phi) is 6.03. The predicted octanol–water partition coefficient (Wildman–Crippen LogP) is 3.58. The maximum absolute atomic E-state index is 12.9. The van der Waals surface area contributed by atoms with Gasteiger partial charge in [0.05, 0.1) is 24.2 Å². The van der Waals surface area contributed by atoms with Crippen LogP contribution in [-0.2, 0) is 25.6 Å². The number of thioether (sulfide) groups is 1. The van der Waals surface area contributed by atoms with Crippen molar-refractivity contribution in [1.82, 2.24) is 9.47 Å². The summed E-state index contributed by atoms with van der Waals surface area (Å²) in [5, 5.41) is 0.973. The van der Waals surface area contributed by atoms with Crippen LogP contribution in [0.2, 0.25) is 0 Å². The van der Waals surface area contributed by atoms with Crippen molar-refractivity contribution in [2.45, 2.75) is 32.4 Å². The number of hydrogen-bond donors (Lipinski definition) is 0. The van der Waals surface area contributed by atoms with E-state index in [9.17, 15) is 9.59 Å². The zero-order valence-corrected chi connectivity index (χ0v) is 17.8. The molecule has 3 heterocycles. The second-order valence-electron chi connectivity index (χ2n) is 6.96. The average molecular weight is 431 g/mol. The lowest BCUT2D eigenvalue weighted by molar-refractivity contribution is -0.143. The molecule has 0 spiro atoms. The Labute approximate surface area is 178 Å². The Morgan fingerprint density at radius 2 is 2.24 bits per heavy atom. The van der Waals surface area contributed by atoms with Crippen LogP contribution < -0.4 is 0 Å². The first-order valence-corrected chi connectivity index (χ1v) is 10.9. The monoisotopic (exact) mass is 430 g/mol. The van der Waals surface area contributed by atoms with Gasteiger partial charge in [0.15, 0.2) is 0 Å². The van der Waals surface area contributed by atoms with E-state index < -0.39 is 0 Å². The quantitative estimate of drug-likeness (QED) is 0.397. The van der Waals surface area contributed by atoms with Crippen LogP contribution in [0.4, 0.5) is 0 Å². The molecule has 152 valence electrons. The van der Waals surface area contributed by atoms with Crippen molar-refractivity contribution in [2.24, 2.45) is 0 Å². The van der Waals surface area contributed by atoms with Gasteiger partial charge in [-0.1, -0.05) is 42.2 Å². The van der Waals surface area contributed by atoms with Crippen LogP contribution in [-0.4, -0.2) is 51.5 Å². The minimum atomic E-state index is -0.289. The van der Waals surface area contributed by atoms with E-state index in [1.54, 1.807) is 11.8 Å². The average Bonchev–Trinajstić information content (AvgIpc) is 3.39. The van der Waals surface area contributed by atoms with E-state index in [2.05, 4.69) is 0 Å². The SMILES string of the molecule is CCOC(=O)Cn1cc(/C=C2\SC(=S)N(C[C@@H]3CCCO3)C2=O)c2ccccc21. The standard InChI is InChI=1S/C21H22N2O4S2/c1-2-26-19(24)13-22-11-14(16-7-3-4-8-17(16)22)10-18-20(25)23(21(28)29-18)12-15-6-5-9-27-15/h3-4,7-8,10-11,15H,2,5-6,9,12-13H2,1H3/b18-10-/t15-/m0/s1. The van der Waals surface area contributed by atoms with Crippen LogP contribution in [0.1, 0.15) is 25.3 Å². The fraction of sp³-hybridized carbons (Fsp3) is 0.381. The van der Waals surface area contributed by atoms with Gasteiger partial charge in [0.2, 0.25) is 0 Å². The Hall–Kier alpha value is -2.16. The molecule has 4 rings (SSSR count). The Balaban J connectivity index is 1.61. The molecule has 8 heteroatoms. The molecule has 0 N–H and O–H groups in total. The molecule has 2 aliphatic rings. The molecule has 0 bridgehead atoms. The van der Waals surface area contributed by atoms with E-state index in [1.165, 1.54) is 11.8 Å². The second-order valence-corrected chi connectivity index (χ2v) is 8.64. The van der Waals surface area contributed by atoms with Gasteiger partial charge >= 0.3 is 5.97 Å². The molecule has 0 unspecified atom stereocenters. The zero-order valence-electron chi connectivity index (χ0n) is 16.1. The van der Waals surface area contributed by atoms with Crippen molar-refractivity contribution >= 4 is 57.2 Å². The molecule has 0 saturated carbocycles. The first-order chi connectivity index (χ1) is 14.1.